The Balaban J connectivity index is 1.74. The molecule has 1 N–H and O–H groups in total. The highest BCUT2D eigenvalue weighted by atomic mass is 35.5. The second-order valence-corrected chi connectivity index (χ2v) is 7.25. The lowest BCUT2D eigenvalue weighted by Gasteiger charge is -2.44. The lowest BCUT2D eigenvalue weighted by atomic mass is 9.82. The van der Waals surface area contributed by atoms with E-state index in [9.17, 15) is 0 Å². The Morgan fingerprint density at radius 3 is 2.67 bits per heavy atom. The molecule has 1 saturated heterocycles. The number of nitrogens with one attached hydrogen (secondary N) is 1. The fourth-order valence-electron chi connectivity index (χ4n) is 3.86. The van der Waals surface area contributed by atoms with E-state index in [0.717, 1.165) is 29.6 Å². The maximum Gasteiger partial charge on any atom is 0.0455 e. The summed E-state index contributed by atoms with van der Waals surface area (Å²) < 4.78 is 0. The molecule has 2 fully saturated rings. The molecule has 1 aromatic rings. The van der Waals surface area contributed by atoms with Gasteiger partial charge in [0.15, 0.2) is 0 Å². The number of aryl methyl sites for hydroxylation is 1. The van der Waals surface area contributed by atoms with Gasteiger partial charge in [0, 0.05) is 35.9 Å². The van der Waals surface area contributed by atoms with Crippen molar-refractivity contribution in [2.24, 2.45) is 5.92 Å². The summed E-state index contributed by atoms with van der Waals surface area (Å²) in [6.45, 7) is 6.56. The molecule has 0 aromatic heterocycles. The highest BCUT2D eigenvalue weighted by molar-refractivity contribution is 6.31. The molecule has 2 aliphatic rings. The summed E-state index contributed by atoms with van der Waals surface area (Å²) in [5, 5.41) is 4.67. The molecule has 1 saturated carbocycles. The summed E-state index contributed by atoms with van der Waals surface area (Å²) in [7, 11) is 0. The number of piperazine rings is 1. The zero-order chi connectivity index (χ0) is 14.8. The third-order valence-electron chi connectivity index (χ3n) is 5.31. The first-order chi connectivity index (χ1) is 10.1. The molecule has 1 heterocycles. The van der Waals surface area contributed by atoms with Crippen molar-refractivity contribution >= 4 is 17.3 Å². The van der Waals surface area contributed by atoms with Crippen molar-refractivity contribution in [1.29, 1.82) is 0 Å². The van der Waals surface area contributed by atoms with Crippen molar-refractivity contribution in [1.82, 2.24) is 5.32 Å². The van der Waals surface area contributed by atoms with E-state index in [1.54, 1.807) is 0 Å². The monoisotopic (exact) mass is 306 g/mol. The first-order valence-corrected chi connectivity index (χ1v) is 8.79. The Hall–Kier alpha value is -0.730. The van der Waals surface area contributed by atoms with Crippen LogP contribution >= 0.6 is 11.6 Å². The van der Waals surface area contributed by atoms with Gasteiger partial charge in [-0.3, -0.25) is 0 Å². The van der Waals surface area contributed by atoms with Gasteiger partial charge in [-0.1, -0.05) is 36.9 Å². The van der Waals surface area contributed by atoms with E-state index in [-0.39, 0.29) is 0 Å². The number of benzene rings is 1. The van der Waals surface area contributed by atoms with Gasteiger partial charge >= 0.3 is 0 Å². The Bertz CT molecular complexity index is 482. The number of rotatable bonds is 2. The van der Waals surface area contributed by atoms with Crippen molar-refractivity contribution in [3.63, 3.8) is 0 Å². The van der Waals surface area contributed by atoms with Crippen molar-refractivity contribution < 1.29 is 0 Å². The highest BCUT2D eigenvalue weighted by Crippen LogP contribution is 2.31. The molecule has 1 aliphatic carbocycles. The maximum absolute atomic E-state index is 6.32. The molecule has 3 heteroatoms. The van der Waals surface area contributed by atoms with E-state index in [0.29, 0.717) is 12.1 Å². The summed E-state index contributed by atoms with van der Waals surface area (Å²) in [6.07, 6.45) is 7.05. The normalized spacial score (nSPS) is 27.9. The average Bonchev–Trinajstić information content (AvgIpc) is 2.51. The zero-order valence-corrected chi connectivity index (χ0v) is 14.0. The molecule has 0 radical (unpaired) electrons. The van der Waals surface area contributed by atoms with E-state index in [1.165, 1.54) is 37.8 Å². The van der Waals surface area contributed by atoms with Crippen LogP contribution in [-0.4, -0.2) is 25.2 Å². The summed E-state index contributed by atoms with van der Waals surface area (Å²) in [4.78, 5) is 2.54. The van der Waals surface area contributed by atoms with Crippen molar-refractivity contribution in [2.75, 3.05) is 18.0 Å². The summed E-state index contributed by atoms with van der Waals surface area (Å²) >= 11 is 6.32. The minimum atomic E-state index is 0.531. The Morgan fingerprint density at radius 1 is 1.19 bits per heavy atom. The molecule has 1 aliphatic heterocycles. The summed E-state index contributed by atoms with van der Waals surface area (Å²) in [5.74, 6) is 0.856. The molecule has 0 bridgehead atoms. The number of nitrogens with zero attached hydrogens (tertiary/aromatic N) is 1. The minimum Gasteiger partial charge on any atom is -0.366 e. The van der Waals surface area contributed by atoms with Gasteiger partial charge in [-0.05, 0) is 50.3 Å². The Kier molecular flexibility index (Phi) is 4.75. The van der Waals surface area contributed by atoms with Crippen molar-refractivity contribution in [3.8, 4) is 0 Å². The molecule has 2 unspecified atom stereocenters. The molecular weight excluding hydrogens is 280 g/mol. The van der Waals surface area contributed by atoms with E-state index in [1.807, 2.05) is 0 Å². The third kappa shape index (κ3) is 3.37. The van der Waals surface area contributed by atoms with E-state index < -0.39 is 0 Å². The number of hydrogen-bond acceptors (Lipinski definition) is 2. The van der Waals surface area contributed by atoms with Crippen LogP contribution in [0, 0.1) is 12.8 Å². The molecule has 1 aromatic carbocycles. The molecule has 2 nitrogen and oxygen atoms in total. The molecular formula is C18H27ClN2. The Labute approximate surface area is 133 Å². The second kappa shape index (κ2) is 6.58. The van der Waals surface area contributed by atoms with Gasteiger partial charge in [-0.15, -0.1) is 0 Å². The van der Waals surface area contributed by atoms with Gasteiger partial charge < -0.3 is 10.2 Å². The zero-order valence-electron chi connectivity index (χ0n) is 13.2. The van der Waals surface area contributed by atoms with E-state index >= 15 is 0 Å². The van der Waals surface area contributed by atoms with Crippen LogP contribution in [0.5, 0.6) is 0 Å². The van der Waals surface area contributed by atoms with Crippen molar-refractivity contribution in [3.05, 3.63) is 28.8 Å². The van der Waals surface area contributed by atoms with Crippen LogP contribution in [0.25, 0.3) is 0 Å². The molecule has 0 spiro atoms. The van der Waals surface area contributed by atoms with E-state index in [2.05, 4.69) is 42.3 Å². The fraction of sp³-hybridized carbons (Fsp3) is 0.667. The van der Waals surface area contributed by atoms with E-state index in [4.69, 9.17) is 11.6 Å². The first-order valence-electron chi connectivity index (χ1n) is 8.41. The quantitative estimate of drug-likeness (QED) is 0.871. The van der Waals surface area contributed by atoms with Gasteiger partial charge in [0.05, 0.1) is 0 Å². The van der Waals surface area contributed by atoms with Crippen LogP contribution < -0.4 is 10.2 Å². The third-order valence-corrected chi connectivity index (χ3v) is 5.71. The molecule has 3 rings (SSSR count). The molecule has 21 heavy (non-hydrogen) atoms. The highest BCUT2D eigenvalue weighted by Gasteiger charge is 2.31. The van der Waals surface area contributed by atoms with Crippen LogP contribution in [0.1, 0.15) is 44.6 Å². The molecule has 116 valence electrons. The summed E-state index contributed by atoms with van der Waals surface area (Å²) in [6, 6.07) is 7.67. The summed E-state index contributed by atoms with van der Waals surface area (Å²) in [5.41, 5.74) is 2.44. The smallest absolute Gasteiger partial charge is 0.0455 e. The van der Waals surface area contributed by atoms with Gasteiger partial charge in [-0.25, -0.2) is 0 Å². The lowest BCUT2D eigenvalue weighted by molar-refractivity contribution is 0.245. The molecule has 2 atom stereocenters. The van der Waals surface area contributed by atoms with Gasteiger partial charge in [0.2, 0.25) is 0 Å². The number of halogens is 1. The number of hydrogen-bond donors (Lipinski definition) is 1. The largest absolute Gasteiger partial charge is 0.366 e. The van der Waals surface area contributed by atoms with Crippen molar-refractivity contribution in [2.45, 2.75) is 58.0 Å². The number of anilines is 1. The predicted molar refractivity (Wildman–Crippen MR) is 91.4 cm³/mol. The lowest BCUT2D eigenvalue weighted by Crippen LogP contribution is -2.58. The standard InChI is InChI=1S/C18H27ClN2/c1-13-8-9-16(10-17(13)19)21-12-18(20-11-14(21)2)15-6-4-3-5-7-15/h8-10,14-15,18,20H,3-7,11-12H2,1-2H3. The van der Waals surface area contributed by atoms with Crippen LogP contribution in [0.15, 0.2) is 18.2 Å². The fourth-order valence-corrected chi connectivity index (χ4v) is 4.04. The van der Waals surface area contributed by atoms with Gasteiger partial charge in [0.1, 0.15) is 0 Å². The predicted octanol–water partition coefficient (Wildman–Crippen LogP) is 4.40. The average molecular weight is 307 g/mol. The maximum atomic E-state index is 6.32. The Morgan fingerprint density at radius 2 is 1.95 bits per heavy atom. The van der Waals surface area contributed by atoms with Crippen LogP contribution in [0.2, 0.25) is 5.02 Å². The second-order valence-electron chi connectivity index (χ2n) is 6.85. The first kappa shape index (κ1) is 15.2. The topological polar surface area (TPSA) is 15.3 Å². The molecule has 0 amide bonds. The van der Waals surface area contributed by atoms with Gasteiger partial charge in [0.25, 0.3) is 0 Å². The van der Waals surface area contributed by atoms with Crippen LogP contribution in [-0.2, 0) is 0 Å². The van der Waals surface area contributed by atoms with Crippen LogP contribution in [0.3, 0.4) is 0 Å². The van der Waals surface area contributed by atoms with Gasteiger partial charge in [-0.2, -0.15) is 0 Å². The minimum absolute atomic E-state index is 0.531. The SMILES string of the molecule is Cc1ccc(N2CC(C3CCCCC3)NCC2C)cc1Cl. The van der Waals surface area contributed by atoms with Crippen LogP contribution in [0.4, 0.5) is 5.69 Å².